The van der Waals surface area contributed by atoms with Crippen molar-refractivity contribution >= 4 is 0 Å². The minimum absolute atomic E-state index is 0.0138. The predicted molar refractivity (Wildman–Crippen MR) is 80.7 cm³/mol. The van der Waals surface area contributed by atoms with E-state index in [1.54, 1.807) is 0 Å². The van der Waals surface area contributed by atoms with Crippen LogP contribution in [-0.2, 0) is 0 Å². The number of aliphatic hydroxyl groups excluding tert-OH is 1. The summed E-state index contributed by atoms with van der Waals surface area (Å²) >= 11 is 0. The molecule has 0 aliphatic rings. The summed E-state index contributed by atoms with van der Waals surface area (Å²) in [4.78, 5) is 1.99. The van der Waals surface area contributed by atoms with E-state index in [2.05, 4.69) is 0 Å². The van der Waals surface area contributed by atoms with E-state index in [1.165, 1.54) is 0 Å². The van der Waals surface area contributed by atoms with E-state index in [9.17, 15) is 5.11 Å². The first-order valence-corrected chi connectivity index (χ1v) is 6.74. The molecule has 0 radical (unpaired) electrons. The molecule has 0 saturated carbocycles. The van der Waals surface area contributed by atoms with Crippen molar-refractivity contribution in [3.8, 4) is 5.75 Å². The zero-order chi connectivity index (χ0) is 14.5. The van der Waals surface area contributed by atoms with Gasteiger partial charge < -0.3 is 9.84 Å². The molecule has 2 unspecified atom stereocenters. The van der Waals surface area contributed by atoms with Gasteiger partial charge in [-0.15, -0.1) is 0 Å². The number of ether oxygens (including phenoxy) is 1. The molecule has 2 aromatic rings. The maximum Gasteiger partial charge on any atom is 0.149 e. The fourth-order valence-electron chi connectivity index (χ4n) is 1.86. The summed E-state index contributed by atoms with van der Waals surface area (Å²) in [7, 11) is 3.94. The molecule has 1 N–H and O–H groups in total. The molecule has 3 heteroatoms. The van der Waals surface area contributed by atoms with Crippen molar-refractivity contribution < 1.29 is 9.84 Å². The van der Waals surface area contributed by atoms with Crippen molar-refractivity contribution in [1.29, 1.82) is 0 Å². The summed E-state index contributed by atoms with van der Waals surface area (Å²) < 4.78 is 5.76. The Bertz CT molecular complexity index is 522. The van der Waals surface area contributed by atoms with Crippen molar-refractivity contribution in [1.82, 2.24) is 4.90 Å². The lowest BCUT2D eigenvalue weighted by Gasteiger charge is -2.21. The molecule has 0 aliphatic heterocycles. The number of nitrogens with zero attached hydrogens (tertiary/aromatic N) is 1. The summed E-state index contributed by atoms with van der Waals surface area (Å²) in [5.41, 5.74) is 1.75. The average molecular weight is 271 g/mol. The van der Waals surface area contributed by atoms with Crippen LogP contribution in [0.25, 0.3) is 0 Å². The molecule has 0 spiro atoms. The Kier molecular flexibility index (Phi) is 4.77. The molecule has 106 valence electrons. The molecule has 20 heavy (non-hydrogen) atoms. The SMILES string of the molecule is CC(Oc1ccc(C(O)c2ccccc2)cc1)N(C)C. The second-order valence-corrected chi connectivity index (χ2v) is 5.06. The molecule has 0 aromatic heterocycles. The third-order valence-corrected chi connectivity index (χ3v) is 3.35. The van der Waals surface area contributed by atoms with E-state index in [1.807, 2.05) is 80.5 Å². The quantitative estimate of drug-likeness (QED) is 0.848. The Labute approximate surface area is 120 Å². The van der Waals surface area contributed by atoms with E-state index >= 15 is 0 Å². The third-order valence-electron chi connectivity index (χ3n) is 3.35. The lowest BCUT2D eigenvalue weighted by molar-refractivity contribution is 0.0815. The Balaban J connectivity index is 2.08. The molecule has 0 fully saturated rings. The fourth-order valence-corrected chi connectivity index (χ4v) is 1.86. The second kappa shape index (κ2) is 6.55. The zero-order valence-corrected chi connectivity index (χ0v) is 12.2. The molecule has 3 nitrogen and oxygen atoms in total. The summed E-state index contributed by atoms with van der Waals surface area (Å²) in [6.45, 7) is 1.99. The van der Waals surface area contributed by atoms with Gasteiger partial charge in [-0.3, -0.25) is 4.90 Å². The van der Waals surface area contributed by atoms with Crippen LogP contribution in [0.2, 0.25) is 0 Å². The average Bonchev–Trinajstić information content (AvgIpc) is 2.48. The molecule has 2 atom stereocenters. The number of aliphatic hydroxyl groups is 1. The van der Waals surface area contributed by atoms with E-state index in [4.69, 9.17) is 4.74 Å². The molecular formula is C17H21NO2. The van der Waals surface area contributed by atoms with Crippen molar-refractivity contribution in [3.63, 3.8) is 0 Å². The summed E-state index contributed by atoms with van der Waals surface area (Å²) in [6, 6.07) is 17.2. The predicted octanol–water partition coefficient (Wildman–Crippen LogP) is 3.05. The van der Waals surface area contributed by atoms with Gasteiger partial charge in [-0.05, 0) is 44.3 Å². The molecule has 0 heterocycles. The monoisotopic (exact) mass is 271 g/mol. The van der Waals surface area contributed by atoms with Crippen molar-refractivity contribution in [3.05, 3.63) is 65.7 Å². The largest absolute Gasteiger partial charge is 0.475 e. The molecule has 0 bridgehead atoms. The highest BCUT2D eigenvalue weighted by molar-refractivity contribution is 5.34. The number of benzene rings is 2. The van der Waals surface area contributed by atoms with Crippen molar-refractivity contribution in [2.45, 2.75) is 19.3 Å². The molecule has 0 saturated heterocycles. The van der Waals surface area contributed by atoms with Gasteiger partial charge in [-0.2, -0.15) is 0 Å². The first-order valence-electron chi connectivity index (χ1n) is 6.74. The fraction of sp³-hybridized carbons (Fsp3) is 0.294. The van der Waals surface area contributed by atoms with Crippen LogP contribution in [0.15, 0.2) is 54.6 Å². The normalized spacial score (nSPS) is 14.1. The zero-order valence-electron chi connectivity index (χ0n) is 12.2. The topological polar surface area (TPSA) is 32.7 Å². The Morgan fingerprint density at radius 3 is 2.00 bits per heavy atom. The number of hydrogen-bond donors (Lipinski definition) is 1. The Morgan fingerprint density at radius 1 is 0.900 bits per heavy atom. The van der Waals surface area contributed by atoms with Gasteiger partial charge in [0.15, 0.2) is 0 Å². The number of rotatable bonds is 5. The smallest absolute Gasteiger partial charge is 0.149 e. The van der Waals surface area contributed by atoms with Gasteiger partial charge in [0.2, 0.25) is 0 Å². The molecule has 0 amide bonds. The lowest BCUT2D eigenvalue weighted by atomic mass is 10.0. The lowest BCUT2D eigenvalue weighted by Crippen LogP contribution is -2.30. The van der Waals surface area contributed by atoms with E-state index in [0.29, 0.717) is 0 Å². The summed E-state index contributed by atoms with van der Waals surface area (Å²) in [6.07, 6.45) is -0.587. The summed E-state index contributed by atoms with van der Waals surface area (Å²) in [5.74, 6) is 0.801. The van der Waals surface area contributed by atoms with Gasteiger partial charge in [0, 0.05) is 0 Å². The minimum Gasteiger partial charge on any atom is -0.475 e. The van der Waals surface area contributed by atoms with Crippen molar-refractivity contribution in [2.24, 2.45) is 0 Å². The standard InChI is InChI=1S/C17H21NO2/c1-13(18(2)3)20-16-11-9-15(10-12-16)17(19)14-7-5-4-6-8-14/h4-13,17,19H,1-3H3. The maximum absolute atomic E-state index is 10.3. The van der Waals surface area contributed by atoms with E-state index in [0.717, 1.165) is 16.9 Å². The van der Waals surface area contributed by atoms with Gasteiger partial charge in [0.1, 0.15) is 18.1 Å². The Morgan fingerprint density at radius 2 is 1.45 bits per heavy atom. The highest BCUT2D eigenvalue weighted by Gasteiger charge is 2.11. The van der Waals surface area contributed by atoms with Crippen LogP contribution in [0, 0.1) is 0 Å². The van der Waals surface area contributed by atoms with Crippen LogP contribution in [0.4, 0.5) is 0 Å². The molecule has 2 rings (SSSR count). The van der Waals surface area contributed by atoms with Crippen LogP contribution >= 0.6 is 0 Å². The van der Waals surface area contributed by atoms with Gasteiger partial charge in [-0.1, -0.05) is 42.5 Å². The highest BCUT2D eigenvalue weighted by Crippen LogP contribution is 2.24. The second-order valence-electron chi connectivity index (χ2n) is 5.06. The first kappa shape index (κ1) is 14.6. The van der Waals surface area contributed by atoms with Crippen molar-refractivity contribution in [2.75, 3.05) is 14.1 Å². The molecule has 2 aromatic carbocycles. The minimum atomic E-state index is -0.600. The van der Waals surface area contributed by atoms with Gasteiger partial charge >= 0.3 is 0 Å². The van der Waals surface area contributed by atoms with Crippen LogP contribution < -0.4 is 4.74 Å². The van der Waals surface area contributed by atoms with Crippen LogP contribution in [-0.4, -0.2) is 30.3 Å². The van der Waals surface area contributed by atoms with Gasteiger partial charge in [0.05, 0.1) is 0 Å². The highest BCUT2D eigenvalue weighted by atomic mass is 16.5. The van der Waals surface area contributed by atoms with E-state index in [-0.39, 0.29) is 6.23 Å². The number of hydrogen-bond acceptors (Lipinski definition) is 3. The van der Waals surface area contributed by atoms with Gasteiger partial charge in [-0.25, -0.2) is 0 Å². The van der Waals surface area contributed by atoms with Gasteiger partial charge in [0.25, 0.3) is 0 Å². The first-order chi connectivity index (χ1) is 9.58. The summed E-state index contributed by atoms with van der Waals surface area (Å²) in [5, 5.41) is 10.3. The molecule has 0 aliphatic carbocycles. The van der Waals surface area contributed by atoms with Crippen LogP contribution in [0.5, 0.6) is 5.75 Å². The van der Waals surface area contributed by atoms with Crippen LogP contribution in [0.1, 0.15) is 24.2 Å². The van der Waals surface area contributed by atoms with Crippen LogP contribution in [0.3, 0.4) is 0 Å². The Hall–Kier alpha value is -1.84. The molecular weight excluding hydrogens is 250 g/mol. The maximum atomic E-state index is 10.3. The van der Waals surface area contributed by atoms with E-state index < -0.39 is 6.10 Å². The third kappa shape index (κ3) is 3.59.